The van der Waals surface area contributed by atoms with Crippen molar-refractivity contribution >= 4 is 11.6 Å². The zero-order valence-corrected chi connectivity index (χ0v) is 21.4. The normalized spacial score (nSPS) is 25.8. The van der Waals surface area contributed by atoms with E-state index in [0.717, 1.165) is 25.7 Å². The van der Waals surface area contributed by atoms with Crippen LogP contribution in [-0.4, -0.2) is 23.2 Å². The number of allylic oxidation sites excluding steroid dienone is 2. The minimum Gasteiger partial charge on any atom is -0.300 e. The average molecular weight is 446 g/mol. The quantitative estimate of drug-likeness (QED) is 0.271. The molecule has 0 radical (unpaired) electrons. The number of carbonyl (C=O) groups is 2. The summed E-state index contributed by atoms with van der Waals surface area (Å²) in [6.07, 6.45) is 15.1. The number of nitrogens with one attached hydrogen (secondary N) is 1. The maximum Gasteiger partial charge on any atom is 0.152 e. The number of hydroxylamine groups is 1. The van der Waals surface area contributed by atoms with Crippen LogP contribution < -0.4 is 5.48 Å². The fourth-order valence-corrected chi connectivity index (χ4v) is 5.55. The third kappa shape index (κ3) is 7.66. The number of hydrogen-bond acceptors (Lipinski definition) is 4. The molecule has 0 bridgehead atoms. The molecule has 2 aliphatic rings. The van der Waals surface area contributed by atoms with Gasteiger partial charge >= 0.3 is 0 Å². The fraction of sp³-hybridized carbons (Fsp3) is 0.786. The van der Waals surface area contributed by atoms with Crippen LogP contribution in [0.25, 0.3) is 0 Å². The van der Waals surface area contributed by atoms with E-state index in [9.17, 15) is 9.59 Å². The Hall–Kier alpha value is -1.26. The summed E-state index contributed by atoms with van der Waals surface area (Å²) in [7, 11) is 0. The Bertz CT molecular complexity index is 672. The highest BCUT2D eigenvalue weighted by molar-refractivity contribution is 5.85. The molecule has 0 heterocycles. The second-order valence-corrected chi connectivity index (χ2v) is 11.4. The molecule has 0 unspecified atom stereocenters. The highest BCUT2D eigenvalue weighted by Gasteiger charge is 2.38. The van der Waals surface area contributed by atoms with Crippen molar-refractivity contribution in [2.75, 3.05) is 0 Å². The first-order chi connectivity index (χ1) is 15.0. The molecule has 32 heavy (non-hydrogen) atoms. The molecule has 4 nitrogen and oxygen atoms in total. The van der Waals surface area contributed by atoms with E-state index in [2.05, 4.69) is 45.0 Å². The Balaban J connectivity index is 2.11. The Morgan fingerprint density at radius 2 is 1.91 bits per heavy atom. The van der Waals surface area contributed by atoms with E-state index in [0.29, 0.717) is 30.6 Å². The highest BCUT2D eigenvalue weighted by Crippen LogP contribution is 2.43. The maximum absolute atomic E-state index is 13.4. The van der Waals surface area contributed by atoms with Crippen molar-refractivity contribution < 1.29 is 14.4 Å². The molecule has 2 rings (SSSR count). The molecule has 1 saturated carbocycles. The summed E-state index contributed by atoms with van der Waals surface area (Å²) in [6.45, 7) is 16.1. The summed E-state index contributed by atoms with van der Waals surface area (Å²) in [5.74, 6) is 1.36. The first kappa shape index (κ1) is 27.0. The molecule has 182 valence electrons. The monoisotopic (exact) mass is 445 g/mol. The van der Waals surface area contributed by atoms with Crippen LogP contribution in [0.5, 0.6) is 0 Å². The van der Waals surface area contributed by atoms with Crippen molar-refractivity contribution in [2.24, 2.45) is 29.1 Å². The third-order valence-electron chi connectivity index (χ3n) is 7.73. The standard InChI is InChI=1S/C28H47NO3/c1-8-21-17-18-27(4,5)19-24(21)23(20(3)30)15-16-25(31)26(22-13-11-10-12-14-22)29-32-28(6,7)9-2/h9,17-18,21-24,26,29H,2,8,10-16,19H2,1,3-7H3/t21-,23-,24+,26+/m1/s1. The van der Waals surface area contributed by atoms with Gasteiger partial charge in [-0.15, -0.1) is 6.58 Å². The van der Waals surface area contributed by atoms with E-state index >= 15 is 0 Å². The molecule has 1 N–H and O–H groups in total. The van der Waals surface area contributed by atoms with E-state index in [1.165, 1.54) is 19.3 Å². The lowest BCUT2D eigenvalue weighted by molar-refractivity contribution is -0.135. The van der Waals surface area contributed by atoms with Crippen molar-refractivity contribution in [3.63, 3.8) is 0 Å². The summed E-state index contributed by atoms with van der Waals surface area (Å²) < 4.78 is 0. The predicted octanol–water partition coefficient (Wildman–Crippen LogP) is 6.60. The molecule has 0 saturated heterocycles. The van der Waals surface area contributed by atoms with Gasteiger partial charge in [0.25, 0.3) is 0 Å². The maximum atomic E-state index is 13.4. The largest absolute Gasteiger partial charge is 0.300 e. The molecule has 1 fully saturated rings. The van der Waals surface area contributed by atoms with E-state index in [-0.39, 0.29) is 28.9 Å². The van der Waals surface area contributed by atoms with Gasteiger partial charge in [-0.25, -0.2) is 0 Å². The van der Waals surface area contributed by atoms with Gasteiger partial charge in [0, 0.05) is 12.3 Å². The second kappa shape index (κ2) is 11.7. The van der Waals surface area contributed by atoms with Crippen LogP contribution in [0.15, 0.2) is 24.8 Å². The summed E-state index contributed by atoms with van der Waals surface area (Å²) in [6, 6.07) is -0.313. The van der Waals surface area contributed by atoms with Crippen LogP contribution >= 0.6 is 0 Å². The van der Waals surface area contributed by atoms with Crippen LogP contribution in [0.3, 0.4) is 0 Å². The van der Waals surface area contributed by atoms with E-state index in [1.807, 2.05) is 13.8 Å². The summed E-state index contributed by atoms with van der Waals surface area (Å²) in [4.78, 5) is 32.0. The lowest BCUT2D eigenvalue weighted by Crippen LogP contribution is -2.47. The smallest absolute Gasteiger partial charge is 0.152 e. The van der Waals surface area contributed by atoms with Gasteiger partial charge in [0.2, 0.25) is 0 Å². The van der Waals surface area contributed by atoms with Crippen molar-refractivity contribution in [1.82, 2.24) is 5.48 Å². The highest BCUT2D eigenvalue weighted by atomic mass is 16.7. The first-order valence-corrected chi connectivity index (χ1v) is 12.8. The summed E-state index contributed by atoms with van der Waals surface area (Å²) in [5, 5.41) is 0. The van der Waals surface area contributed by atoms with Crippen LogP contribution in [0, 0.1) is 29.1 Å². The first-order valence-electron chi connectivity index (χ1n) is 12.8. The molecule has 0 spiro atoms. The number of ketones is 2. The molecule has 4 atom stereocenters. The molecule has 0 aromatic rings. The summed E-state index contributed by atoms with van der Waals surface area (Å²) >= 11 is 0. The van der Waals surface area contributed by atoms with Crippen molar-refractivity contribution in [3.8, 4) is 0 Å². The number of Topliss-reactive ketones (excluding diaryl/α,β-unsaturated/α-hetero) is 2. The van der Waals surface area contributed by atoms with Gasteiger partial charge in [0.1, 0.15) is 11.4 Å². The lowest BCUT2D eigenvalue weighted by atomic mass is 9.65. The molecule has 0 aromatic heterocycles. The Kier molecular flexibility index (Phi) is 9.90. The number of carbonyl (C=O) groups excluding carboxylic acids is 2. The van der Waals surface area contributed by atoms with E-state index in [1.54, 1.807) is 13.0 Å². The minimum absolute atomic E-state index is 0.0642. The Labute approximate surface area is 196 Å². The van der Waals surface area contributed by atoms with Crippen molar-refractivity contribution in [1.29, 1.82) is 0 Å². The van der Waals surface area contributed by atoms with E-state index in [4.69, 9.17) is 4.84 Å². The zero-order valence-electron chi connectivity index (χ0n) is 21.4. The molecular weight excluding hydrogens is 398 g/mol. The molecule has 2 aliphatic carbocycles. The minimum atomic E-state index is -0.538. The molecule has 0 aliphatic heterocycles. The van der Waals surface area contributed by atoms with Gasteiger partial charge in [-0.3, -0.25) is 14.4 Å². The van der Waals surface area contributed by atoms with Gasteiger partial charge in [-0.2, -0.15) is 5.48 Å². The van der Waals surface area contributed by atoms with Crippen LogP contribution in [0.1, 0.15) is 99.3 Å². The second-order valence-electron chi connectivity index (χ2n) is 11.4. The topological polar surface area (TPSA) is 55.4 Å². The van der Waals surface area contributed by atoms with Crippen molar-refractivity contribution in [3.05, 3.63) is 24.8 Å². The molecule has 0 aromatic carbocycles. The van der Waals surface area contributed by atoms with Crippen LogP contribution in [0.2, 0.25) is 0 Å². The van der Waals surface area contributed by atoms with Gasteiger partial charge < -0.3 is 0 Å². The van der Waals surface area contributed by atoms with Gasteiger partial charge in [0.05, 0.1) is 6.04 Å². The zero-order chi connectivity index (χ0) is 23.9. The van der Waals surface area contributed by atoms with E-state index < -0.39 is 5.60 Å². The molecule has 4 heteroatoms. The van der Waals surface area contributed by atoms with Crippen LogP contribution in [-0.2, 0) is 14.4 Å². The number of hydrogen-bond donors (Lipinski definition) is 1. The van der Waals surface area contributed by atoms with Gasteiger partial charge in [0.15, 0.2) is 5.78 Å². The molecular formula is C28H47NO3. The van der Waals surface area contributed by atoms with Crippen molar-refractivity contribution in [2.45, 2.75) is 111 Å². The average Bonchev–Trinajstić information content (AvgIpc) is 2.74. The fourth-order valence-electron chi connectivity index (χ4n) is 5.55. The van der Waals surface area contributed by atoms with Crippen LogP contribution in [0.4, 0.5) is 0 Å². The summed E-state index contributed by atoms with van der Waals surface area (Å²) in [5.41, 5.74) is 2.69. The predicted molar refractivity (Wildman–Crippen MR) is 132 cm³/mol. The SMILES string of the molecule is C=CC(C)(C)ON[C@H](C(=O)CC[C@H](C(C)=O)[C@H]1CC(C)(C)C=C[C@H]1CC)C1CCCCC1. The Morgan fingerprint density at radius 1 is 1.25 bits per heavy atom. The lowest BCUT2D eigenvalue weighted by Gasteiger charge is -2.40. The third-order valence-corrected chi connectivity index (χ3v) is 7.73. The Morgan fingerprint density at radius 3 is 2.47 bits per heavy atom. The number of rotatable bonds is 12. The van der Waals surface area contributed by atoms with Gasteiger partial charge in [-0.1, -0.05) is 58.3 Å². The van der Waals surface area contributed by atoms with Gasteiger partial charge in [-0.05, 0) is 76.0 Å². The molecule has 0 amide bonds.